The molecule has 0 aliphatic rings. The molecule has 3 N–H and O–H groups in total. The molecule has 1 rings (SSSR count). The van der Waals surface area contributed by atoms with E-state index in [9.17, 15) is 17.6 Å². The molecule has 0 saturated heterocycles. The van der Waals surface area contributed by atoms with E-state index in [1.165, 1.54) is 0 Å². The highest BCUT2D eigenvalue weighted by Gasteiger charge is 2.26. The zero-order valence-corrected chi connectivity index (χ0v) is 9.70. The number of carbonyl (C=O) groups is 1. The van der Waals surface area contributed by atoms with Crippen molar-refractivity contribution in [2.75, 3.05) is 0 Å². The summed E-state index contributed by atoms with van der Waals surface area (Å²) in [4.78, 5) is 9.70. The van der Waals surface area contributed by atoms with Crippen molar-refractivity contribution in [3.63, 3.8) is 0 Å². The third-order valence-electron chi connectivity index (χ3n) is 1.63. The highest BCUT2D eigenvalue weighted by Crippen LogP contribution is 2.33. The summed E-state index contributed by atoms with van der Waals surface area (Å²) < 4.78 is 35.2. The number of primary sulfonamides is 1. The third-order valence-corrected chi connectivity index (χ3v) is 3.59. The van der Waals surface area contributed by atoms with E-state index in [1.807, 2.05) is 0 Å². The quantitative estimate of drug-likeness (QED) is 0.805. The number of hydrogen-bond donors (Lipinski definition) is 2. The van der Waals surface area contributed by atoms with E-state index in [0.29, 0.717) is 6.07 Å². The molecule has 0 aliphatic carbocycles. The topological polar surface area (TPSA) is 97.5 Å². The second-order valence-corrected chi connectivity index (χ2v) is 4.97. The van der Waals surface area contributed by atoms with Crippen molar-refractivity contribution in [2.45, 2.75) is 4.90 Å². The lowest BCUT2D eigenvalue weighted by Gasteiger charge is -2.08. The van der Waals surface area contributed by atoms with E-state index in [2.05, 4.69) is 0 Å². The van der Waals surface area contributed by atoms with Crippen molar-refractivity contribution >= 4 is 39.2 Å². The van der Waals surface area contributed by atoms with Crippen LogP contribution in [0.3, 0.4) is 0 Å². The molecule has 0 amide bonds. The van der Waals surface area contributed by atoms with Gasteiger partial charge in [-0.15, -0.1) is 0 Å². The predicted octanol–water partition coefficient (Wildman–Crippen LogP) is 1.48. The summed E-state index contributed by atoms with van der Waals surface area (Å²) in [5.74, 6) is -2.82. The van der Waals surface area contributed by atoms with E-state index >= 15 is 0 Å². The molecule has 1 aromatic carbocycles. The number of carboxylic acid groups (broad SMARTS) is 1. The van der Waals surface area contributed by atoms with Gasteiger partial charge in [0.1, 0.15) is 10.7 Å². The lowest BCUT2D eigenvalue weighted by molar-refractivity contribution is 0.0696. The van der Waals surface area contributed by atoms with Crippen LogP contribution in [-0.4, -0.2) is 19.5 Å². The van der Waals surface area contributed by atoms with Crippen LogP contribution in [0.25, 0.3) is 0 Å². The summed E-state index contributed by atoms with van der Waals surface area (Å²) in [6.45, 7) is 0. The van der Waals surface area contributed by atoms with Gasteiger partial charge in [-0.25, -0.2) is 22.7 Å². The zero-order valence-electron chi connectivity index (χ0n) is 7.37. The highest BCUT2D eigenvalue weighted by atomic mass is 35.5. The van der Waals surface area contributed by atoms with Crippen LogP contribution < -0.4 is 5.14 Å². The van der Waals surface area contributed by atoms with E-state index in [-0.39, 0.29) is 0 Å². The first-order chi connectivity index (χ1) is 7.16. The molecule has 0 aromatic heterocycles. The van der Waals surface area contributed by atoms with Crippen molar-refractivity contribution in [3.05, 3.63) is 27.5 Å². The van der Waals surface area contributed by atoms with Crippen LogP contribution in [0.15, 0.2) is 11.0 Å². The molecule has 0 spiro atoms. The summed E-state index contributed by atoms with van der Waals surface area (Å²) >= 11 is 10.8. The van der Waals surface area contributed by atoms with Crippen LogP contribution in [0.4, 0.5) is 4.39 Å². The summed E-state index contributed by atoms with van der Waals surface area (Å²) in [6, 6.07) is 0.516. The molecule has 16 heavy (non-hydrogen) atoms. The van der Waals surface area contributed by atoms with Crippen molar-refractivity contribution in [1.29, 1.82) is 0 Å². The maximum atomic E-state index is 13.1. The number of hydrogen-bond acceptors (Lipinski definition) is 3. The first kappa shape index (κ1) is 13.2. The van der Waals surface area contributed by atoms with Gasteiger partial charge in [-0.3, -0.25) is 0 Å². The zero-order chi connectivity index (χ0) is 12.7. The predicted molar refractivity (Wildman–Crippen MR) is 54.8 cm³/mol. The molecule has 0 atom stereocenters. The fourth-order valence-electron chi connectivity index (χ4n) is 0.986. The van der Waals surface area contributed by atoms with Gasteiger partial charge < -0.3 is 5.11 Å². The van der Waals surface area contributed by atoms with Crippen LogP contribution in [0.1, 0.15) is 10.4 Å². The minimum atomic E-state index is -4.41. The van der Waals surface area contributed by atoms with Gasteiger partial charge in [-0.2, -0.15) is 0 Å². The summed E-state index contributed by atoms with van der Waals surface area (Å²) in [7, 11) is -4.41. The number of benzene rings is 1. The van der Waals surface area contributed by atoms with E-state index in [4.69, 9.17) is 33.4 Å². The van der Waals surface area contributed by atoms with Crippen LogP contribution in [0.5, 0.6) is 0 Å². The van der Waals surface area contributed by atoms with Gasteiger partial charge in [0, 0.05) is 0 Å². The Bertz CT molecular complexity index is 572. The van der Waals surface area contributed by atoms with Gasteiger partial charge in [-0.1, -0.05) is 23.2 Å². The number of halogens is 3. The number of aromatic carboxylic acids is 1. The largest absolute Gasteiger partial charge is 0.478 e. The first-order valence-electron chi connectivity index (χ1n) is 3.60. The van der Waals surface area contributed by atoms with Crippen LogP contribution in [0, 0.1) is 5.82 Å². The number of carboxylic acids is 1. The molecule has 9 heteroatoms. The first-order valence-corrected chi connectivity index (χ1v) is 5.90. The van der Waals surface area contributed by atoms with Gasteiger partial charge in [-0.05, 0) is 6.07 Å². The van der Waals surface area contributed by atoms with E-state index in [1.54, 1.807) is 0 Å². The average molecular weight is 288 g/mol. The second-order valence-electron chi connectivity index (χ2n) is 2.71. The van der Waals surface area contributed by atoms with Crippen molar-refractivity contribution < 1.29 is 22.7 Å². The van der Waals surface area contributed by atoms with Gasteiger partial charge in [0.25, 0.3) is 0 Å². The molecule has 1 aromatic rings. The Morgan fingerprint density at radius 2 is 1.88 bits per heavy atom. The van der Waals surface area contributed by atoms with Gasteiger partial charge in [0.15, 0.2) is 0 Å². The van der Waals surface area contributed by atoms with Gasteiger partial charge >= 0.3 is 5.97 Å². The Kier molecular flexibility index (Phi) is 3.44. The van der Waals surface area contributed by atoms with Crippen LogP contribution in [-0.2, 0) is 10.0 Å². The molecule has 0 aliphatic heterocycles. The van der Waals surface area contributed by atoms with Gasteiger partial charge in [0.05, 0.1) is 15.6 Å². The highest BCUT2D eigenvalue weighted by molar-refractivity contribution is 7.89. The molecular formula is C7H4Cl2FNO4S. The third kappa shape index (κ3) is 2.27. The Morgan fingerprint density at radius 1 is 1.38 bits per heavy atom. The fourth-order valence-corrected chi connectivity index (χ4v) is 2.77. The minimum Gasteiger partial charge on any atom is -0.478 e. The minimum absolute atomic E-state index is 0.516. The number of rotatable bonds is 2. The monoisotopic (exact) mass is 287 g/mol. The molecular weight excluding hydrogens is 284 g/mol. The standard InChI is InChI=1S/C7H4Cl2FNO4S/c8-4-2(7(12)13)1-3(10)5(9)6(4)16(11,14)15/h1H,(H,12,13)(H2,11,14,15). The van der Waals surface area contributed by atoms with Crippen LogP contribution in [0.2, 0.25) is 10.0 Å². The lowest BCUT2D eigenvalue weighted by Crippen LogP contribution is -2.16. The molecule has 0 bridgehead atoms. The van der Waals surface area contributed by atoms with Gasteiger partial charge in [0.2, 0.25) is 10.0 Å². The summed E-state index contributed by atoms with van der Waals surface area (Å²) in [6.07, 6.45) is 0. The average Bonchev–Trinajstić information content (AvgIpc) is 2.08. The van der Waals surface area contributed by atoms with E-state index in [0.717, 1.165) is 0 Å². The smallest absolute Gasteiger partial charge is 0.337 e. The maximum Gasteiger partial charge on any atom is 0.337 e. The fraction of sp³-hybridized carbons (Fsp3) is 0. The molecule has 0 fully saturated rings. The Morgan fingerprint density at radius 3 is 2.25 bits per heavy atom. The molecule has 5 nitrogen and oxygen atoms in total. The Labute approximate surface area is 99.6 Å². The number of nitrogens with two attached hydrogens (primary N) is 1. The lowest BCUT2D eigenvalue weighted by atomic mass is 10.2. The molecule has 0 saturated carbocycles. The normalized spacial score (nSPS) is 11.5. The maximum absolute atomic E-state index is 13.1. The molecule has 88 valence electrons. The second kappa shape index (κ2) is 4.17. The van der Waals surface area contributed by atoms with Crippen molar-refractivity contribution in [2.24, 2.45) is 5.14 Å². The number of sulfonamides is 1. The van der Waals surface area contributed by atoms with Crippen LogP contribution >= 0.6 is 23.2 Å². The molecule has 0 unspecified atom stereocenters. The Hall–Kier alpha value is -0.890. The van der Waals surface area contributed by atoms with E-state index < -0.39 is 42.3 Å². The van der Waals surface area contributed by atoms with Crippen molar-refractivity contribution in [3.8, 4) is 0 Å². The molecule has 0 radical (unpaired) electrons. The van der Waals surface area contributed by atoms with Crippen molar-refractivity contribution in [1.82, 2.24) is 0 Å². The summed E-state index contributed by atoms with van der Waals surface area (Å²) in [5, 5.41) is 11.8. The SMILES string of the molecule is NS(=O)(=O)c1c(Cl)c(F)cc(C(=O)O)c1Cl. The molecule has 0 heterocycles. The Balaban J connectivity index is 3.80. The summed E-state index contributed by atoms with van der Waals surface area (Å²) in [5.41, 5.74) is -0.729.